The van der Waals surface area contributed by atoms with Crippen LogP contribution in [-0.2, 0) is 0 Å². The largest absolute Gasteiger partial charge is 0.504 e. The van der Waals surface area contributed by atoms with Crippen LogP contribution in [0.5, 0.6) is 11.5 Å². The van der Waals surface area contributed by atoms with Crippen LogP contribution >= 0.6 is 12.6 Å². The lowest BCUT2D eigenvalue weighted by Crippen LogP contribution is -1.79. The fourth-order valence-electron chi connectivity index (χ4n) is 1.19. The highest BCUT2D eigenvalue weighted by Gasteiger charge is 2.08. The Labute approximate surface area is 80.1 Å². The van der Waals surface area contributed by atoms with Gasteiger partial charge in [0, 0.05) is 17.8 Å². The van der Waals surface area contributed by atoms with Gasteiger partial charge in [0.2, 0.25) is 0 Å². The minimum atomic E-state index is -0.205. The van der Waals surface area contributed by atoms with Gasteiger partial charge in [-0.3, -0.25) is 4.98 Å². The van der Waals surface area contributed by atoms with Gasteiger partial charge in [0.25, 0.3) is 0 Å². The van der Waals surface area contributed by atoms with E-state index in [1.807, 2.05) is 0 Å². The number of fused-ring (bicyclic) bond motifs is 1. The van der Waals surface area contributed by atoms with Crippen LogP contribution in [0.3, 0.4) is 0 Å². The summed E-state index contributed by atoms with van der Waals surface area (Å²) >= 11 is 4.01. The second kappa shape index (κ2) is 2.81. The third kappa shape index (κ3) is 1.19. The first kappa shape index (κ1) is 8.19. The van der Waals surface area contributed by atoms with Gasteiger partial charge in [-0.1, -0.05) is 0 Å². The van der Waals surface area contributed by atoms with E-state index in [1.54, 1.807) is 18.3 Å². The van der Waals surface area contributed by atoms with Crippen LogP contribution in [0.1, 0.15) is 0 Å². The molecule has 0 atom stereocenters. The number of thiol groups is 1. The zero-order chi connectivity index (χ0) is 9.42. The molecule has 1 heterocycles. The molecule has 4 heteroatoms. The van der Waals surface area contributed by atoms with Gasteiger partial charge in [-0.05, 0) is 17.5 Å². The summed E-state index contributed by atoms with van der Waals surface area (Å²) in [6.07, 6.45) is 3.11. The van der Waals surface area contributed by atoms with Crippen molar-refractivity contribution < 1.29 is 10.2 Å². The molecular formula is C9H7NO2S. The summed E-state index contributed by atoms with van der Waals surface area (Å²) < 4.78 is 0. The quantitative estimate of drug-likeness (QED) is 0.442. The number of phenols is 2. The molecule has 0 radical (unpaired) electrons. The Bertz CT molecular complexity index is 470. The maximum Gasteiger partial charge on any atom is 0.171 e. The van der Waals surface area contributed by atoms with Crippen molar-refractivity contribution in [1.29, 1.82) is 0 Å². The number of nitrogens with zero attached hydrogens (tertiary/aromatic N) is 1. The van der Waals surface area contributed by atoms with Crippen LogP contribution in [0, 0.1) is 0 Å². The van der Waals surface area contributed by atoms with Crippen molar-refractivity contribution in [2.75, 3.05) is 0 Å². The molecular weight excluding hydrogens is 186 g/mol. The normalized spacial score (nSPS) is 10.5. The fraction of sp³-hybridized carbons (Fsp3) is 0. The van der Waals surface area contributed by atoms with Crippen molar-refractivity contribution in [3.63, 3.8) is 0 Å². The summed E-state index contributed by atoms with van der Waals surface area (Å²) in [5.41, 5.74) is 0. The number of rotatable bonds is 0. The molecule has 2 aromatic rings. The first-order chi connectivity index (χ1) is 6.20. The van der Waals surface area contributed by atoms with E-state index in [4.69, 9.17) is 0 Å². The molecule has 0 amide bonds. The Morgan fingerprint density at radius 2 is 2.00 bits per heavy atom. The number of phenolic OH excluding ortho intramolecular Hbond substituents is 2. The molecule has 0 fully saturated rings. The van der Waals surface area contributed by atoms with E-state index in [0.29, 0.717) is 10.3 Å². The average molecular weight is 193 g/mol. The van der Waals surface area contributed by atoms with E-state index in [-0.39, 0.29) is 11.5 Å². The van der Waals surface area contributed by atoms with Gasteiger partial charge in [0.1, 0.15) is 0 Å². The Balaban J connectivity index is 2.94. The molecule has 66 valence electrons. The highest BCUT2D eigenvalue weighted by molar-refractivity contribution is 7.80. The summed E-state index contributed by atoms with van der Waals surface area (Å²) in [6, 6.07) is 3.42. The Kier molecular flexibility index (Phi) is 1.77. The van der Waals surface area contributed by atoms with Gasteiger partial charge in [0.15, 0.2) is 11.5 Å². The molecule has 3 nitrogen and oxygen atoms in total. The van der Waals surface area contributed by atoms with Crippen LogP contribution < -0.4 is 0 Å². The van der Waals surface area contributed by atoms with Crippen molar-refractivity contribution in [3.8, 4) is 11.5 Å². The smallest absolute Gasteiger partial charge is 0.171 e. The number of hydrogen-bond acceptors (Lipinski definition) is 4. The molecule has 13 heavy (non-hydrogen) atoms. The molecule has 1 aromatic heterocycles. The summed E-state index contributed by atoms with van der Waals surface area (Å²) in [7, 11) is 0. The molecule has 0 spiro atoms. The highest BCUT2D eigenvalue weighted by Crippen LogP contribution is 2.38. The fourth-order valence-corrected chi connectivity index (χ4v) is 1.44. The molecule has 2 N–H and O–H groups in total. The molecule has 0 unspecified atom stereocenters. The van der Waals surface area contributed by atoms with Gasteiger partial charge in [0.05, 0.1) is 4.90 Å². The van der Waals surface area contributed by atoms with Gasteiger partial charge in [-0.25, -0.2) is 0 Å². The molecule has 0 aliphatic rings. The van der Waals surface area contributed by atoms with Gasteiger partial charge < -0.3 is 10.2 Å². The predicted octanol–water partition coefficient (Wildman–Crippen LogP) is 1.93. The topological polar surface area (TPSA) is 53.4 Å². The van der Waals surface area contributed by atoms with Crippen molar-refractivity contribution >= 4 is 23.4 Å². The lowest BCUT2D eigenvalue weighted by molar-refractivity contribution is 0.399. The van der Waals surface area contributed by atoms with Crippen LogP contribution in [0.2, 0.25) is 0 Å². The van der Waals surface area contributed by atoms with E-state index < -0.39 is 0 Å². The minimum absolute atomic E-state index is 0.171. The third-order valence-electron chi connectivity index (χ3n) is 1.87. The van der Waals surface area contributed by atoms with Gasteiger partial charge in [-0.15, -0.1) is 12.6 Å². The van der Waals surface area contributed by atoms with E-state index in [9.17, 15) is 10.2 Å². The molecule has 0 saturated carbocycles. The number of aromatic nitrogens is 1. The van der Waals surface area contributed by atoms with E-state index in [1.165, 1.54) is 6.20 Å². The zero-order valence-corrected chi connectivity index (χ0v) is 7.49. The monoisotopic (exact) mass is 193 g/mol. The second-order valence-electron chi connectivity index (χ2n) is 2.69. The molecule has 0 saturated heterocycles. The summed E-state index contributed by atoms with van der Waals surface area (Å²) in [5.74, 6) is -0.376. The summed E-state index contributed by atoms with van der Waals surface area (Å²) in [4.78, 5) is 4.21. The molecule has 2 rings (SSSR count). The van der Waals surface area contributed by atoms with Gasteiger partial charge in [-0.2, -0.15) is 0 Å². The van der Waals surface area contributed by atoms with Crippen molar-refractivity contribution in [1.82, 2.24) is 4.98 Å². The minimum Gasteiger partial charge on any atom is -0.504 e. The van der Waals surface area contributed by atoms with Crippen LogP contribution in [0.25, 0.3) is 10.8 Å². The van der Waals surface area contributed by atoms with E-state index >= 15 is 0 Å². The second-order valence-corrected chi connectivity index (χ2v) is 3.17. The lowest BCUT2D eigenvalue weighted by Gasteiger charge is -2.04. The number of benzene rings is 1. The Hall–Kier alpha value is -1.42. The third-order valence-corrected chi connectivity index (χ3v) is 2.21. The van der Waals surface area contributed by atoms with Crippen molar-refractivity contribution in [2.24, 2.45) is 0 Å². The zero-order valence-electron chi connectivity index (χ0n) is 6.60. The molecule has 0 aliphatic carbocycles. The van der Waals surface area contributed by atoms with Crippen LogP contribution in [-0.4, -0.2) is 15.2 Å². The van der Waals surface area contributed by atoms with Crippen molar-refractivity contribution in [3.05, 3.63) is 24.5 Å². The predicted molar refractivity (Wildman–Crippen MR) is 52.3 cm³/mol. The molecule has 0 bridgehead atoms. The van der Waals surface area contributed by atoms with E-state index in [2.05, 4.69) is 17.6 Å². The number of aromatic hydroxyl groups is 2. The molecule has 0 aliphatic heterocycles. The Morgan fingerprint density at radius 1 is 1.23 bits per heavy atom. The maximum atomic E-state index is 9.50. The standard InChI is InChI=1S/C9H7NO2S/c11-8-6-4-10-2-1-5(6)3-7(13)9(8)12/h1-4,11-13H. The summed E-state index contributed by atoms with van der Waals surface area (Å²) in [5, 5.41) is 20.2. The van der Waals surface area contributed by atoms with Crippen molar-refractivity contribution in [2.45, 2.75) is 4.90 Å². The number of pyridine rings is 1. The van der Waals surface area contributed by atoms with Gasteiger partial charge >= 0.3 is 0 Å². The first-order valence-corrected chi connectivity index (χ1v) is 4.12. The Morgan fingerprint density at radius 3 is 2.77 bits per heavy atom. The van der Waals surface area contributed by atoms with E-state index in [0.717, 1.165) is 5.39 Å². The SMILES string of the molecule is Oc1c(S)cc2ccncc2c1O. The van der Waals surface area contributed by atoms with Crippen LogP contribution in [0.15, 0.2) is 29.4 Å². The molecule has 1 aromatic carbocycles. The first-order valence-electron chi connectivity index (χ1n) is 3.68. The summed E-state index contributed by atoms with van der Waals surface area (Å²) in [6.45, 7) is 0. The van der Waals surface area contributed by atoms with Crippen LogP contribution in [0.4, 0.5) is 0 Å². The lowest BCUT2D eigenvalue weighted by atomic mass is 10.1. The maximum absolute atomic E-state index is 9.50. The highest BCUT2D eigenvalue weighted by atomic mass is 32.1. The average Bonchev–Trinajstić information content (AvgIpc) is 2.15. The number of hydrogen-bond donors (Lipinski definition) is 3.